The summed E-state index contributed by atoms with van der Waals surface area (Å²) in [7, 11) is 0. The molecule has 2 saturated heterocycles. The van der Waals surface area contributed by atoms with Crippen LogP contribution < -0.4 is 4.74 Å². The van der Waals surface area contributed by atoms with E-state index in [9.17, 15) is 5.11 Å². The SMILES string of the molecule is OC(CC#Cc1ccc(OCCCN2CCN(C(c3ccccc3)c3ccc(Cl)cc3)CC2)cc1)N1CCN(C(c2ccccc2)c2ccc(Cl)cc2)CC1. The van der Waals surface area contributed by atoms with Crippen molar-refractivity contribution in [3.8, 4) is 17.6 Å². The second kappa shape index (κ2) is 19.6. The van der Waals surface area contributed by atoms with Crippen molar-refractivity contribution >= 4 is 23.2 Å². The van der Waals surface area contributed by atoms with Crippen LogP contribution in [0.15, 0.2) is 133 Å². The Kier molecular flexibility index (Phi) is 13.9. The Bertz CT molecular complexity index is 1950. The highest BCUT2D eigenvalue weighted by Gasteiger charge is 2.29. The standard InChI is InChI=1S/C47H50Cl2N4O2/c48-42-21-17-40(18-22-42)46(38-10-3-1-4-11-38)52-30-28-50(29-31-52)27-8-36-55-44-25-15-37(16-26-44)9-7-14-45(54)51-32-34-53(35-33-51)47(39-12-5-2-6-13-39)41-19-23-43(49)24-20-41/h1-6,10-13,15-26,45-47,54H,8,14,27-36H2. The first-order chi connectivity index (χ1) is 27.0. The topological polar surface area (TPSA) is 42.4 Å². The van der Waals surface area contributed by atoms with Crippen molar-refractivity contribution in [1.29, 1.82) is 0 Å². The molecule has 0 radical (unpaired) electrons. The number of halogens is 2. The van der Waals surface area contributed by atoms with Crippen LogP contribution in [0.5, 0.6) is 5.75 Å². The normalized spacial score (nSPS) is 17.5. The predicted molar refractivity (Wildman–Crippen MR) is 225 cm³/mol. The molecule has 5 aromatic carbocycles. The van der Waals surface area contributed by atoms with Gasteiger partial charge in [0.25, 0.3) is 0 Å². The van der Waals surface area contributed by atoms with E-state index in [2.05, 4.69) is 116 Å². The zero-order valence-electron chi connectivity index (χ0n) is 31.3. The van der Waals surface area contributed by atoms with Crippen LogP contribution in [0.1, 0.15) is 52.7 Å². The van der Waals surface area contributed by atoms with Crippen LogP contribution in [0, 0.1) is 11.8 Å². The maximum absolute atomic E-state index is 11.0. The van der Waals surface area contributed by atoms with Gasteiger partial charge in [0.1, 0.15) is 12.0 Å². The molecule has 3 atom stereocenters. The van der Waals surface area contributed by atoms with Crippen molar-refractivity contribution in [3.63, 3.8) is 0 Å². The fraction of sp³-hybridized carbons (Fsp3) is 0.319. The Hall–Kier alpha value is -4.16. The average Bonchev–Trinajstić information content (AvgIpc) is 3.23. The monoisotopic (exact) mass is 772 g/mol. The molecule has 0 aromatic heterocycles. The molecule has 5 aromatic rings. The summed E-state index contributed by atoms with van der Waals surface area (Å²) < 4.78 is 6.09. The quantitative estimate of drug-likeness (QED) is 0.0956. The third kappa shape index (κ3) is 10.8. The van der Waals surface area contributed by atoms with Gasteiger partial charge in [0.2, 0.25) is 0 Å². The molecule has 55 heavy (non-hydrogen) atoms. The summed E-state index contributed by atoms with van der Waals surface area (Å²) >= 11 is 12.4. The Morgan fingerprint density at radius 2 is 1.00 bits per heavy atom. The summed E-state index contributed by atoms with van der Waals surface area (Å²) in [6.45, 7) is 9.05. The van der Waals surface area contributed by atoms with E-state index in [0.717, 1.165) is 86.7 Å². The Morgan fingerprint density at radius 3 is 1.51 bits per heavy atom. The first kappa shape index (κ1) is 39.1. The van der Waals surface area contributed by atoms with E-state index >= 15 is 0 Å². The molecule has 0 bridgehead atoms. The molecule has 3 unspecified atom stereocenters. The molecule has 1 N–H and O–H groups in total. The van der Waals surface area contributed by atoms with Gasteiger partial charge in [-0.15, -0.1) is 0 Å². The van der Waals surface area contributed by atoms with Gasteiger partial charge in [0, 0.05) is 80.9 Å². The second-order valence-electron chi connectivity index (χ2n) is 14.4. The highest BCUT2D eigenvalue weighted by molar-refractivity contribution is 6.30. The average molecular weight is 774 g/mol. The van der Waals surface area contributed by atoms with Gasteiger partial charge >= 0.3 is 0 Å². The lowest BCUT2D eigenvalue weighted by Gasteiger charge is -2.41. The first-order valence-electron chi connectivity index (χ1n) is 19.5. The van der Waals surface area contributed by atoms with Gasteiger partial charge in [-0.2, -0.15) is 0 Å². The van der Waals surface area contributed by atoms with Crippen molar-refractivity contribution in [2.45, 2.75) is 31.2 Å². The van der Waals surface area contributed by atoms with Crippen LogP contribution in [0.3, 0.4) is 0 Å². The van der Waals surface area contributed by atoms with E-state index in [4.69, 9.17) is 27.9 Å². The number of nitrogens with zero attached hydrogens (tertiary/aromatic N) is 4. The smallest absolute Gasteiger partial charge is 0.119 e. The van der Waals surface area contributed by atoms with Crippen LogP contribution >= 0.6 is 23.2 Å². The molecule has 8 heteroatoms. The number of aliphatic hydroxyl groups excluding tert-OH is 1. The summed E-state index contributed by atoms with van der Waals surface area (Å²) in [5, 5.41) is 12.5. The van der Waals surface area contributed by atoms with E-state index in [-0.39, 0.29) is 12.1 Å². The zero-order valence-corrected chi connectivity index (χ0v) is 32.8. The summed E-state index contributed by atoms with van der Waals surface area (Å²) in [6.07, 6.45) is 0.778. The van der Waals surface area contributed by atoms with Crippen LogP contribution in [0.4, 0.5) is 0 Å². The lowest BCUT2D eigenvalue weighted by Crippen LogP contribution is -2.51. The molecule has 2 aliphatic heterocycles. The van der Waals surface area contributed by atoms with E-state index < -0.39 is 6.23 Å². The van der Waals surface area contributed by atoms with E-state index in [0.29, 0.717) is 13.0 Å². The fourth-order valence-electron chi connectivity index (χ4n) is 7.81. The number of rotatable bonds is 13. The predicted octanol–water partition coefficient (Wildman–Crippen LogP) is 8.64. The van der Waals surface area contributed by atoms with Gasteiger partial charge in [0.15, 0.2) is 0 Å². The lowest BCUT2D eigenvalue weighted by atomic mass is 9.96. The molecular formula is C47H50Cl2N4O2. The highest BCUT2D eigenvalue weighted by Crippen LogP contribution is 2.32. The molecule has 7 rings (SSSR count). The molecule has 284 valence electrons. The molecular weight excluding hydrogens is 723 g/mol. The van der Waals surface area contributed by atoms with Crippen molar-refractivity contribution in [2.75, 3.05) is 65.5 Å². The van der Waals surface area contributed by atoms with Crippen molar-refractivity contribution < 1.29 is 9.84 Å². The summed E-state index contributed by atoms with van der Waals surface area (Å²) in [6, 6.07) is 46.2. The van der Waals surface area contributed by atoms with Gasteiger partial charge in [-0.25, -0.2) is 0 Å². The lowest BCUT2D eigenvalue weighted by molar-refractivity contribution is -0.0264. The summed E-state index contributed by atoms with van der Waals surface area (Å²) in [5.74, 6) is 7.29. The number of hydrogen-bond acceptors (Lipinski definition) is 6. The third-order valence-corrected chi connectivity index (χ3v) is 11.3. The molecule has 2 fully saturated rings. The van der Waals surface area contributed by atoms with E-state index in [1.54, 1.807) is 0 Å². The zero-order chi connectivity index (χ0) is 37.8. The first-order valence-corrected chi connectivity index (χ1v) is 20.2. The summed E-state index contributed by atoms with van der Waals surface area (Å²) in [4.78, 5) is 9.75. The Morgan fingerprint density at radius 1 is 0.545 bits per heavy atom. The van der Waals surface area contributed by atoms with Crippen molar-refractivity contribution in [2.24, 2.45) is 0 Å². The maximum Gasteiger partial charge on any atom is 0.119 e. The maximum atomic E-state index is 11.0. The number of ether oxygens (including phenoxy) is 1. The van der Waals surface area contributed by atoms with Crippen molar-refractivity contribution in [3.05, 3.63) is 171 Å². The number of piperazine rings is 2. The summed E-state index contributed by atoms with van der Waals surface area (Å²) in [5.41, 5.74) is 5.99. The molecule has 0 aliphatic carbocycles. The van der Waals surface area contributed by atoms with Gasteiger partial charge in [-0.1, -0.05) is 120 Å². The minimum absolute atomic E-state index is 0.145. The second-order valence-corrected chi connectivity index (χ2v) is 15.3. The van der Waals surface area contributed by atoms with Gasteiger partial charge in [0.05, 0.1) is 18.7 Å². The number of benzene rings is 5. The minimum Gasteiger partial charge on any atom is -0.494 e. The molecule has 0 spiro atoms. The minimum atomic E-state index is -0.597. The van der Waals surface area contributed by atoms with Gasteiger partial charge < -0.3 is 14.7 Å². The highest BCUT2D eigenvalue weighted by atomic mass is 35.5. The number of aliphatic hydroxyl groups is 1. The third-order valence-electron chi connectivity index (χ3n) is 10.8. The van der Waals surface area contributed by atoms with Crippen LogP contribution in [0.2, 0.25) is 10.0 Å². The van der Waals surface area contributed by atoms with Gasteiger partial charge in [-0.05, 0) is 77.2 Å². The van der Waals surface area contributed by atoms with E-state index in [1.807, 2.05) is 48.5 Å². The molecule has 2 aliphatic rings. The van der Waals surface area contributed by atoms with Crippen LogP contribution in [-0.2, 0) is 0 Å². The number of hydrogen-bond donors (Lipinski definition) is 1. The van der Waals surface area contributed by atoms with Crippen molar-refractivity contribution in [1.82, 2.24) is 19.6 Å². The Balaban J connectivity index is 0.819. The van der Waals surface area contributed by atoms with Gasteiger partial charge in [-0.3, -0.25) is 14.7 Å². The molecule has 0 saturated carbocycles. The molecule has 0 amide bonds. The van der Waals surface area contributed by atoms with Crippen LogP contribution in [0.25, 0.3) is 0 Å². The van der Waals surface area contributed by atoms with Crippen LogP contribution in [-0.4, -0.2) is 96.4 Å². The molecule has 6 nitrogen and oxygen atoms in total. The fourth-order valence-corrected chi connectivity index (χ4v) is 8.07. The molecule has 2 heterocycles. The largest absolute Gasteiger partial charge is 0.494 e. The Labute approximate surface area is 336 Å². The van der Waals surface area contributed by atoms with E-state index in [1.165, 1.54) is 22.3 Å².